The third-order valence-corrected chi connectivity index (χ3v) is 3.35. The first-order valence-electron chi connectivity index (χ1n) is 7.07. The summed E-state index contributed by atoms with van der Waals surface area (Å²) < 4.78 is 5.34. The maximum absolute atomic E-state index is 12.0. The molecule has 0 spiro atoms. The van der Waals surface area contributed by atoms with Gasteiger partial charge in [-0.2, -0.15) is 0 Å². The van der Waals surface area contributed by atoms with Crippen LogP contribution in [0.3, 0.4) is 0 Å². The summed E-state index contributed by atoms with van der Waals surface area (Å²) in [5.74, 6) is 0.286. The second-order valence-electron chi connectivity index (χ2n) is 5.95. The fourth-order valence-corrected chi connectivity index (χ4v) is 2.38. The van der Waals surface area contributed by atoms with E-state index in [1.165, 1.54) is 0 Å². The number of ether oxygens (including phenoxy) is 1. The fourth-order valence-electron chi connectivity index (χ4n) is 2.38. The molecule has 0 aromatic heterocycles. The van der Waals surface area contributed by atoms with Crippen LogP contribution in [0, 0.1) is 5.92 Å². The Morgan fingerprint density at radius 1 is 1.39 bits per heavy atom. The molecule has 0 saturated carbocycles. The molecule has 1 rings (SSSR count). The SMILES string of the molecule is CCCC(C)C(=O)NC(C)(C)CN1CCOCC1. The summed E-state index contributed by atoms with van der Waals surface area (Å²) in [5, 5.41) is 3.17. The van der Waals surface area contributed by atoms with Gasteiger partial charge in [0.15, 0.2) is 0 Å². The molecular weight excluding hydrogens is 228 g/mol. The quantitative estimate of drug-likeness (QED) is 0.785. The molecule has 1 amide bonds. The van der Waals surface area contributed by atoms with Gasteiger partial charge >= 0.3 is 0 Å². The van der Waals surface area contributed by atoms with E-state index in [4.69, 9.17) is 4.74 Å². The molecular formula is C14H28N2O2. The predicted octanol–water partition coefficient (Wildman–Crippen LogP) is 1.65. The van der Waals surface area contributed by atoms with Crippen LogP contribution in [0.1, 0.15) is 40.5 Å². The van der Waals surface area contributed by atoms with Gasteiger partial charge in [0.2, 0.25) is 5.91 Å². The molecule has 1 aliphatic heterocycles. The van der Waals surface area contributed by atoms with Crippen molar-refractivity contribution in [3.8, 4) is 0 Å². The van der Waals surface area contributed by atoms with E-state index < -0.39 is 0 Å². The van der Waals surface area contributed by atoms with Gasteiger partial charge in [-0.1, -0.05) is 20.3 Å². The van der Waals surface area contributed by atoms with Crippen molar-refractivity contribution in [1.82, 2.24) is 10.2 Å². The lowest BCUT2D eigenvalue weighted by atomic mass is 10.00. The Hall–Kier alpha value is -0.610. The van der Waals surface area contributed by atoms with Crippen LogP contribution in [0.5, 0.6) is 0 Å². The third-order valence-electron chi connectivity index (χ3n) is 3.35. The van der Waals surface area contributed by atoms with Crippen molar-refractivity contribution in [3.05, 3.63) is 0 Å². The summed E-state index contributed by atoms with van der Waals surface area (Å²) in [6.45, 7) is 12.7. The van der Waals surface area contributed by atoms with Crippen LogP contribution >= 0.6 is 0 Å². The summed E-state index contributed by atoms with van der Waals surface area (Å²) in [4.78, 5) is 14.4. The minimum atomic E-state index is -0.170. The predicted molar refractivity (Wildman–Crippen MR) is 73.6 cm³/mol. The maximum atomic E-state index is 12.0. The molecule has 0 aliphatic carbocycles. The number of carbonyl (C=O) groups excluding carboxylic acids is 1. The molecule has 1 unspecified atom stereocenters. The van der Waals surface area contributed by atoms with Gasteiger partial charge in [-0.25, -0.2) is 0 Å². The summed E-state index contributed by atoms with van der Waals surface area (Å²) in [7, 11) is 0. The highest BCUT2D eigenvalue weighted by molar-refractivity contribution is 5.78. The van der Waals surface area contributed by atoms with Gasteiger partial charge in [-0.3, -0.25) is 9.69 Å². The van der Waals surface area contributed by atoms with Gasteiger partial charge in [-0.05, 0) is 20.3 Å². The minimum absolute atomic E-state index is 0.110. The van der Waals surface area contributed by atoms with Gasteiger partial charge in [0.05, 0.1) is 13.2 Å². The van der Waals surface area contributed by atoms with Crippen molar-refractivity contribution in [3.63, 3.8) is 0 Å². The summed E-state index contributed by atoms with van der Waals surface area (Å²) in [6, 6.07) is 0. The highest BCUT2D eigenvalue weighted by Gasteiger charge is 2.26. The first-order valence-corrected chi connectivity index (χ1v) is 7.07. The first-order chi connectivity index (χ1) is 8.44. The average Bonchev–Trinajstić information content (AvgIpc) is 2.29. The molecule has 4 nitrogen and oxygen atoms in total. The Kier molecular flexibility index (Phi) is 6.09. The summed E-state index contributed by atoms with van der Waals surface area (Å²) in [5.41, 5.74) is -0.170. The normalized spacial score (nSPS) is 19.6. The number of hydrogen-bond donors (Lipinski definition) is 1. The van der Waals surface area contributed by atoms with E-state index in [0.29, 0.717) is 0 Å². The number of nitrogens with zero attached hydrogens (tertiary/aromatic N) is 1. The summed E-state index contributed by atoms with van der Waals surface area (Å²) in [6.07, 6.45) is 2.01. The molecule has 18 heavy (non-hydrogen) atoms. The van der Waals surface area contributed by atoms with Crippen LogP contribution in [0.15, 0.2) is 0 Å². The topological polar surface area (TPSA) is 41.6 Å². The number of carbonyl (C=O) groups is 1. The van der Waals surface area contributed by atoms with Crippen molar-refractivity contribution in [1.29, 1.82) is 0 Å². The molecule has 1 fully saturated rings. The van der Waals surface area contributed by atoms with Crippen LogP contribution in [0.2, 0.25) is 0 Å². The van der Waals surface area contributed by atoms with Gasteiger partial charge < -0.3 is 10.1 Å². The average molecular weight is 256 g/mol. The van der Waals surface area contributed by atoms with E-state index in [0.717, 1.165) is 45.7 Å². The maximum Gasteiger partial charge on any atom is 0.223 e. The van der Waals surface area contributed by atoms with Crippen LogP contribution < -0.4 is 5.32 Å². The van der Waals surface area contributed by atoms with Crippen molar-refractivity contribution < 1.29 is 9.53 Å². The Balaban J connectivity index is 2.39. The summed E-state index contributed by atoms with van der Waals surface area (Å²) >= 11 is 0. The lowest BCUT2D eigenvalue weighted by molar-refractivity contribution is -0.126. The standard InChI is InChI=1S/C14H28N2O2/c1-5-6-12(2)13(17)15-14(3,4)11-16-7-9-18-10-8-16/h12H,5-11H2,1-4H3,(H,15,17). The number of hydrogen-bond acceptors (Lipinski definition) is 3. The second kappa shape index (κ2) is 7.10. The molecule has 0 aromatic rings. The number of nitrogens with one attached hydrogen (secondary N) is 1. The Labute approximate surface area is 111 Å². The number of amides is 1. The van der Waals surface area contributed by atoms with E-state index in [1.54, 1.807) is 0 Å². The zero-order chi connectivity index (χ0) is 13.6. The largest absolute Gasteiger partial charge is 0.379 e. The lowest BCUT2D eigenvalue weighted by Gasteiger charge is -2.36. The molecule has 1 saturated heterocycles. The molecule has 1 atom stereocenters. The molecule has 0 aromatic carbocycles. The van der Waals surface area contributed by atoms with E-state index in [9.17, 15) is 4.79 Å². The highest BCUT2D eigenvalue weighted by Crippen LogP contribution is 2.11. The van der Waals surface area contributed by atoms with Crippen LogP contribution in [-0.4, -0.2) is 49.2 Å². The smallest absolute Gasteiger partial charge is 0.223 e. The molecule has 0 bridgehead atoms. The third kappa shape index (κ3) is 5.36. The van der Waals surface area contributed by atoms with Gasteiger partial charge in [-0.15, -0.1) is 0 Å². The fraction of sp³-hybridized carbons (Fsp3) is 0.929. The molecule has 106 valence electrons. The van der Waals surface area contributed by atoms with Crippen LogP contribution in [-0.2, 0) is 9.53 Å². The monoisotopic (exact) mass is 256 g/mol. The Morgan fingerprint density at radius 2 is 2.00 bits per heavy atom. The van der Waals surface area contributed by atoms with Crippen LogP contribution in [0.4, 0.5) is 0 Å². The lowest BCUT2D eigenvalue weighted by Crippen LogP contribution is -2.54. The molecule has 1 aliphatic rings. The van der Waals surface area contributed by atoms with Crippen LogP contribution in [0.25, 0.3) is 0 Å². The zero-order valence-electron chi connectivity index (χ0n) is 12.3. The first kappa shape index (κ1) is 15.4. The Morgan fingerprint density at radius 3 is 2.56 bits per heavy atom. The van der Waals surface area contributed by atoms with Gasteiger partial charge in [0, 0.05) is 31.1 Å². The van der Waals surface area contributed by atoms with Crippen molar-refractivity contribution in [2.45, 2.75) is 46.1 Å². The number of rotatable bonds is 6. The molecule has 1 N–H and O–H groups in total. The van der Waals surface area contributed by atoms with Gasteiger partial charge in [0.25, 0.3) is 0 Å². The number of morpholine rings is 1. The Bertz CT molecular complexity index is 261. The van der Waals surface area contributed by atoms with E-state index in [1.807, 2.05) is 6.92 Å². The second-order valence-corrected chi connectivity index (χ2v) is 5.95. The van der Waals surface area contributed by atoms with E-state index in [2.05, 4.69) is 31.0 Å². The molecule has 4 heteroatoms. The van der Waals surface area contributed by atoms with E-state index >= 15 is 0 Å². The zero-order valence-corrected chi connectivity index (χ0v) is 12.3. The van der Waals surface area contributed by atoms with Crippen molar-refractivity contribution in [2.75, 3.05) is 32.8 Å². The highest BCUT2D eigenvalue weighted by atomic mass is 16.5. The molecule has 0 radical (unpaired) electrons. The van der Waals surface area contributed by atoms with Crippen molar-refractivity contribution in [2.24, 2.45) is 5.92 Å². The van der Waals surface area contributed by atoms with Crippen molar-refractivity contribution >= 4 is 5.91 Å². The van der Waals surface area contributed by atoms with Gasteiger partial charge in [0.1, 0.15) is 0 Å². The molecule has 1 heterocycles. The van der Waals surface area contributed by atoms with E-state index in [-0.39, 0.29) is 17.4 Å². The minimum Gasteiger partial charge on any atom is -0.379 e.